The van der Waals surface area contributed by atoms with Gasteiger partial charge >= 0.3 is 5.97 Å². The van der Waals surface area contributed by atoms with Gasteiger partial charge in [0.25, 0.3) is 0 Å². The van der Waals surface area contributed by atoms with Crippen molar-refractivity contribution in [2.24, 2.45) is 11.7 Å². The summed E-state index contributed by atoms with van der Waals surface area (Å²) in [7, 11) is 0. The van der Waals surface area contributed by atoms with Crippen LogP contribution in [-0.4, -0.2) is 32.8 Å². The molecule has 27 heavy (non-hydrogen) atoms. The molecule has 1 aliphatic carbocycles. The molecule has 0 aliphatic heterocycles. The first-order valence-electron chi connectivity index (χ1n) is 8.60. The maximum atomic E-state index is 13.7. The average molecular weight is 374 g/mol. The van der Waals surface area contributed by atoms with Gasteiger partial charge in [-0.2, -0.15) is 4.79 Å². The van der Waals surface area contributed by atoms with E-state index in [1.165, 1.54) is 12.3 Å². The van der Waals surface area contributed by atoms with Gasteiger partial charge in [0, 0.05) is 22.6 Å². The number of nitrogens with one attached hydrogen (secondary N) is 1. The fourth-order valence-corrected chi connectivity index (χ4v) is 3.31. The van der Waals surface area contributed by atoms with Crippen LogP contribution in [0.25, 0.3) is 11.1 Å². The number of hydrogen-bond acceptors (Lipinski definition) is 4. The Balaban J connectivity index is 1.97. The van der Waals surface area contributed by atoms with E-state index in [2.05, 4.69) is 10.5 Å². The summed E-state index contributed by atoms with van der Waals surface area (Å²) in [4.78, 5) is 36.6. The SMILES string of the molecule is NC(=O)c1ccc(F)cc1-c1cn(NC(=O)C2CCCCC2)nc1C(=O)O. The van der Waals surface area contributed by atoms with Crippen molar-refractivity contribution in [2.45, 2.75) is 32.1 Å². The third-order valence-corrected chi connectivity index (χ3v) is 4.65. The number of amides is 2. The Kier molecular flexibility index (Phi) is 5.20. The van der Waals surface area contributed by atoms with Crippen molar-refractivity contribution in [3.63, 3.8) is 0 Å². The lowest BCUT2D eigenvalue weighted by atomic mass is 9.89. The fourth-order valence-electron chi connectivity index (χ4n) is 3.31. The summed E-state index contributed by atoms with van der Waals surface area (Å²) in [6, 6.07) is 3.24. The Bertz CT molecular complexity index is 903. The molecule has 8 nitrogen and oxygen atoms in total. The van der Waals surface area contributed by atoms with Gasteiger partial charge in [-0.05, 0) is 31.0 Å². The van der Waals surface area contributed by atoms with Crippen molar-refractivity contribution in [2.75, 3.05) is 5.43 Å². The number of primary amides is 1. The van der Waals surface area contributed by atoms with Crippen LogP contribution in [0.2, 0.25) is 0 Å². The Morgan fingerprint density at radius 1 is 1.19 bits per heavy atom. The smallest absolute Gasteiger partial charge is 0.357 e. The van der Waals surface area contributed by atoms with Crippen LogP contribution in [-0.2, 0) is 4.79 Å². The molecule has 0 bridgehead atoms. The Hall–Kier alpha value is -3.23. The quantitative estimate of drug-likeness (QED) is 0.739. The maximum Gasteiger partial charge on any atom is 0.357 e. The van der Waals surface area contributed by atoms with Crippen LogP contribution in [0.1, 0.15) is 53.0 Å². The van der Waals surface area contributed by atoms with E-state index in [9.17, 15) is 23.9 Å². The van der Waals surface area contributed by atoms with Gasteiger partial charge in [-0.25, -0.2) is 14.6 Å². The molecule has 0 spiro atoms. The van der Waals surface area contributed by atoms with Crippen molar-refractivity contribution in [3.05, 3.63) is 41.5 Å². The lowest BCUT2D eigenvalue weighted by Gasteiger charge is -2.20. The molecule has 0 radical (unpaired) electrons. The Labute approximate surface area is 154 Å². The molecule has 2 aromatic rings. The standard InChI is InChI=1S/C18H19FN4O4/c19-11-6-7-12(16(20)24)13(8-11)14-9-23(21-15(14)18(26)27)22-17(25)10-4-2-1-3-5-10/h6-10H,1-5H2,(H2,20,24)(H,22,25)(H,26,27). The van der Waals surface area contributed by atoms with Gasteiger partial charge in [-0.15, -0.1) is 5.10 Å². The first kappa shape index (κ1) is 18.6. The molecule has 142 valence electrons. The Morgan fingerprint density at radius 2 is 1.89 bits per heavy atom. The van der Waals surface area contributed by atoms with Crippen molar-refractivity contribution >= 4 is 17.8 Å². The van der Waals surface area contributed by atoms with E-state index >= 15 is 0 Å². The summed E-state index contributed by atoms with van der Waals surface area (Å²) >= 11 is 0. The van der Waals surface area contributed by atoms with E-state index < -0.39 is 23.4 Å². The van der Waals surface area contributed by atoms with Gasteiger partial charge in [-0.3, -0.25) is 9.59 Å². The predicted molar refractivity (Wildman–Crippen MR) is 94.0 cm³/mol. The van der Waals surface area contributed by atoms with E-state index in [1.54, 1.807) is 0 Å². The highest BCUT2D eigenvalue weighted by Crippen LogP contribution is 2.28. The van der Waals surface area contributed by atoms with Gasteiger partial charge in [-0.1, -0.05) is 19.3 Å². The van der Waals surface area contributed by atoms with Gasteiger partial charge in [0.1, 0.15) is 5.82 Å². The van der Waals surface area contributed by atoms with Crippen LogP contribution in [0, 0.1) is 11.7 Å². The molecule has 0 atom stereocenters. The summed E-state index contributed by atoms with van der Waals surface area (Å²) in [5.74, 6) is -3.29. The minimum absolute atomic E-state index is 0.00179. The third-order valence-electron chi connectivity index (χ3n) is 4.65. The molecule has 1 aliphatic rings. The largest absolute Gasteiger partial charge is 0.476 e. The zero-order chi connectivity index (χ0) is 19.6. The van der Waals surface area contributed by atoms with Crippen LogP contribution in [0.5, 0.6) is 0 Å². The van der Waals surface area contributed by atoms with Gasteiger partial charge in [0.2, 0.25) is 11.8 Å². The number of rotatable bonds is 5. The molecular formula is C18H19FN4O4. The van der Waals surface area contributed by atoms with Crippen LogP contribution in [0.4, 0.5) is 4.39 Å². The topological polar surface area (TPSA) is 127 Å². The number of aromatic carboxylic acids is 1. The average Bonchev–Trinajstić information content (AvgIpc) is 3.06. The molecule has 0 unspecified atom stereocenters. The van der Waals surface area contributed by atoms with Crippen LogP contribution >= 0.6 is 0 Å². The zero-order valence-electron chi connectivity index (χ0n) is 14.4. The lowest BCUT2D eigenvalue weighted by molar-refractivity contribution is -0.121. The van der Waals surface area contributed by atoms with E-state index in [1.807, 2.05) is 0 Å². The normalized spacial score (nSPS) is 14.7. The number of nitrogens with zero attached hydrogens (tertiary/aromatic N) is 2. The number of aromatic nitrogens is 2. The molecule has 1 heterocycles. The van der Waals surface area contributed by atoms with Crippen molar-refractivity contribution in [3.8, 4) is 11.1 Å². The monoisotopic (exact) mass is 374 g/mol. The second-order valence-corrected chi connectivity index (χ2v) is 6.51. The number of carboxylic acids is 1. The van der Waals surface area contributed by atoms with Gasteiger partial charge in [0.05, 0.1) is 6.20 Å². The van der Waals surface area contributed by atoms with E-state index in [-0.39, 0.29) is 28.5 Å². The maximum absolute atomic E-state index is 13.7. The lowest BCUT2D eigenvalue weighted by Crippen LogP contribution is -2.31. The molecule has 3 rings (SSSR count). The van der Waals surface area contributed by atoms with Crippen molar-refractivity contribution in [1.29, 1.82) is 0 Å². The molecule has 9 heteroatoms. The molecule has 1 saturated carbocycles. The van der Waals surface area contributed by atoms with Crippen molar-refractivity contribution in [1.82, 2.24) is 9.89 Å². The number of carbonyl (C=O) groups is 3. The number of carbonyl (C=O) groups excluding carboxylic acids is 2. The molecule has 2 amide bonds. The highest BCUT2D eigenvalue weighted by Gasteiger charge is 2.25. The minimum Gasteiger partial charge on any atom is -0.476 e. The molecule has 4 N–H and O–H groups in total. The molecule has 1 aromatic heterocycles. The van der Waals surface area contributed by atoms with E-state index in [0.717, 1.165) is 49.0 Å². The number of benzene rings is 1. The molecule has 1 fully saturated rings. The summed E-state index contributed by atoms with van der Waals surface area (Å²) in [5, 5.41) is 13.3. The number of carboxylic acid groups (broad SMARTS) is 1. The highest BCUT2D eigenvalue weighted by molar-refractivity contribution is 6.03. The first-order valence-corrected chi connectivity index (χ1v) is 8.60. The molecule has 0 saturated heterocycles. The fraction of sp³-hybridized carbons (Fsp3) is 0.333. The van der Waals surface area contributed by atoms with Gasteiger partial charge in [0.15, 0.2) is 5.69 Å². The first-order chi connectivity index (χ1) is 12.9. The molecule has 1 aromatic carbocycles. The highest BCUT2D eigenvalue weighted by atomic mass is 19.1. The van der Waals surface area contributed by atoms with Crippen LogP contribution in [0.15, 0.2) is 24.4 Å². The summed E-state index contributed by atoms with van der Waals surface area (Å²) in [6.45, 7) is 0. The van der Waals surface area contributed by atoms with E-state index in [0.29, 0.717) is 0 Å². The van der Waals surface area contributed by atoms with Crippen molar-refractivity contribution < 1.29 is 23.9 Å². The van der Waals surface area contributed by atoms with Gasteiger partial charge < -0.3 is 10.8 Å². The molecular weight excluding hydrogens is 355 g/mol. The second kappa shape index (κ2) is 7.56. The third kappa shape index (κ3) is 3.97. The van der Waals surface area contributed by atoms with Crippen LogP contribution < -0.4 is 11.2 Å². The Morgan fingerprint density at radius 3 is 2.52 bits per heavy atom. The van der Waals surface area contributed by atoms with E-state index in [4.69, 9.17) is 5.73 Å². The predicted octanol–water partition coefficient (Wildman–Crippen LogP) is 2.14. The number of halogens is 1. The number of hydrogen-bond donors (Lipinski definition) is 3. The zero-order valence-corrected chi connectivity index (χ0v) is 14.4. The number of nitrogens with two attached hydrogens (primary N) is 1. The minimum atomic E-state index is -1.38. The summed E-state index contributed by atoms with van der Waals surface area (Å²) in [5.41, 5.74) is 7.38. The second-order valence-electron chi connectivity index (χ2n) is 6.51. The van der Waals surface area contributed by atoms with Crippen LogP contribution in [0.3, 0.4) is 0 Å². The summed E-state index contributed by atoms with van der Waals surface area (Å²) in [6.07, 6.45) is 5.80. The summed E-state index contributed by atoms with van der Waals surface area (Å²) < 4.78 is 13.7.